The molecule has 1 aromatic carbocycles. The number of ether oxygens (including phenoxy) is 1. The maximum atomic E-state index is 12.7. The number of anilines is 1. The highest BCUT2D eigenvalue weighted by atomic mass is 35.5. The number of benzene rings is 1. The number of nitrogens with zero attached hydrogens (tertiary/aromatic N) is 3. The number of fused-ring (bicyclic) bond motifs is 1. The largest absolute Gasteiger partial charge is 0.379 e. The van der Waals surface area contributed by atoms with E-state index in [0.717, 1.165) is 44.0 Å². The predicted octanol–water partition coefficient (Wildman–Crippen LogP) is 2.38. The van der Waals surface area contributed by atoms with E-state index in [1.54, 1.807) is 18.3 Å². The molecule has 2 aromatic heterocycles. The molecule has 0 amide bonds. The second-order valence-corrected chi connectivity index (χ2v) is 6.80. The van der Waals surface area contributed by atoms with Crippen LogP contribution in [0.3, 0.4) is 0 Å². The lowest BCUT2D eigenvalue weighted by Crippen LogP contribution is -2.39. The Hall–Kier alpha value is -2.48. The number of morpholine rings is 1. The quantitative estimate of drug-likeness (QED) is 0.701. The summed E-state index contributed by atoms with van der Waals surface area (Å²) in [4.78, 5) is 26.6. The third-order valence-corrected chi connectivity index (χ3v) is 4.84. The van der Waals surface area contributed by atoms with Gasteiger partial charge in [0, 0.05) is 37.4 Å². The molecule has 4 rings (SSSR count). The fraction of sp³-hybridized carbons (Fsp3) is 0.316. The average molecular weight is 386 g/mol. The van der Waals surface area contributed by atoms with Crippen LogP contribution in [0.5, 0.6) is 0 Å². The molecule has 0 spiro atoms. The zero-order valence-corrected chi connectivity index (χ0v) is 15.5. The van der Waals surface area contributed by atoms with Gasteiger partial charge in [-0.1, -0.05) is 23.7 Å². The lowest BCUT2D eigenvalue weighted by atomic mass is 10.0. The Labute approximate surface area is 161 Å². The van der Waals surface area contributed by atoms with Gasteiger partial charge in [0.1, 0.15) is 0 Å². The molecule has 0 radical (unpaired) electrons. The lowest BCUT2D eigenvalue weighted by Gasteiger charge is -2.26. The average Bonchev–Trinajstić information content (AvgIpc) is 2.69. The van der Waals surface area contributed by atoms with Crippen molar-refractivity contribution in [3.63, 3.8) is 0 Å². The van der Waals surface area contributed by atoms with Gasteiger partial charge in [-0.15, -0.1) is 0 Å². The number of halogens is 1. The first kappa shape index (κ1) is 17.9. The summed E-state index contributed by atoms with van der Waals surface area (Å²) < 4.78 is 5.34. The van der Waals surface area contributed by atoms with Crippen LogP contribution in [0.1, 0.15) is 0 Å². The van der Waals surface area contributed by atoms with Crippen LogP contribution < -0.4 is 10.9 Å². The molecule has 0 bridgehead atoms. The van der Waals surface area contributed by atoms with Crippen molar-refractivity contribution in [2.24, 2.45) is 0 Å². The van der Waals surface area contributed by atoms with Crippen LogP contribution in [0, 0.1) is 0 Å². The molecule has 2 N–H and O–H groups in total. The molecule has 3 heterocycles. The molecule has 1 aliphatic rings. The summed E-state index contributed by atoms with van der Waals surface area (Å²) in [6.07, 6.45) is 1.66. The lowest BCUT2D eigenvalue weighted by molar-refractivity contribution is 0.0398. The van der Waals surface area contributed by atoms with Gasteiger partial charge in [-0.25, -0.2) is 4.98 Å². The highest BCUT2D eigenvalue weighted by molar-refractivity contribution is 6.30. The van der Waals surface area contributed by atoms with Crippen LogP contribution in [0.2, 0.25) is 5.02 Å². The molecule has 3 aromatic rings. The van der Waals surface area contributed by atoms with Crippen molar-refractivity contribution in [2.75, 3.05) is 44.7 Å². The van der Waals surface area contributed by atoms with Crippen molar-refractivity contribution >= 4 is 28.6 Å². The molecule has 27 heavy (non-hydrogen) atoms. The van der Waals surface area contributed by atoms with E-state index in [4.69, 9.17) is 16.3 Å². The summed E-state index contributed by atoms with van der Waals surface area (Å²) in [6.45, 7) is 4.93. The molecule has 140 valence electrons. The fourth-order valence-electron chi connectivity index (χ4n) is 3.17. The number of aromatic amines is 1. The first-order chi connectivity index (χ1) is 13.2. The number of pyridine rings is 1. The van der Waals surface area contributed by atoms with Crippen molar-refractivity contribution in [3.8, 4) is 11.1 Å². The predicted molar refractivity (Wildman–Crippen MR) is 106 cm³/mol. The van der Waals surface area contributed by atoms with Gasteiger partial charge >= 0.3 is 0 Å². The molecule has 1 aliphatic heterocycles. The SMILES string of the molecule is O=c1[nH]c(NCCN2CCOCC2)nc2nccc(-c3ccc(Cl)cc3)c12. The van der Waals surface area contributed by atoms with E-state index >= 15 is 0 Å². The van der Waals surface area contributed by atoms with Crippen molar-refractivity contribution in [3.05, 3.63) is 51.9 Å². The fourth-order valence-corrected chi connectivity index (χ4v) is 3.30. The highest BCUT2D eigenvalue weighted by Crippen LogP contribution is 2.25. The van der Waals surface area contributed by atoms with Crippen LogP contribution in [0.25, 0.3) is 22.2 Å². The van der Waals surface area contributed by atoms with Gasteiger partial charge in [-0.05, 0) is 29.3 Å². The van der Waals surface area contributed by atoms with E-state index in [0.29, 0.717) is 28.5 Å². The Bertz CT molecular complexity index is 984. The van der Waals surface area contributed by atoms with E-state index in [-0.39, 0.29) is 5.56 Å². The number of rotatable bonds is 5. The molecule has 0 atom stereocenters. The van der Waals surface area contributed by atoms with Crippen LogP contribution in [0.4, 0.5) is 5.95 Å². The Kier molecular flexibility index (Phi) is 5.33. The van der Waals surface area contributed by atoms with Gasteiger partial charge in [0.25, 0.3) is 5.56 Å². The van der Waals surface area contributed by atoms with Crippen molar-refractivity contribution < 1.29 is 4.74 Å². The monoisotopic (exact) mass is 385 g/mol. The number of H-pyrrole nitrogens is 1. The third kappa shape index (κ3) is 4.10. The Morgan fingerprint density at radius 2 is 1.96 bits per heavy atom. The van der Waals surface area contributed by atoms with Crippen molar-refractivity contribution in [1.82, 2.24) is 19.9 Å². The van der Waals surface area contributed by atoms with Gasteiger partial charge < -0.3 is 10.1 Å². The molecular formula is C19H20ClN5O2. The second kappa shape index (κ2) is 8.04. The summed E-state index contributed by atoms with van der Waals surface area (Å²) >= 11 is 5.96. The van der Waals surface area contributed by atoms with E-state index in [1.165, 1.54) is 0 Å². The van der Waals surface area contributed by atoms with Crippen LogP contribution in [0.15, 0.2) is 41.3 Å². The molecular weight excluding hydrogens is 366 g/mol. The minimum atomic E-state index is -0.216. The van der Waals surface area contributed by atoms with Crippen molar-refractivity contribution in [1.29, 1.82) is 0 Å². The summed E-state index contributed by atoms with van der Waals surface area (Å²) in [5.74, 6) is 0.432. The third-order valence-electron chi connectivity index (χ3n) is 4.59. The molecule has 0 aliphatic carbocycles. The molecule has 1 fully saturated rings. The van der Waals surface area contributed by atoms with Gasteiger partial charge in [0.05, 0.1) is 18.6 Å². The topological polar surface area (TPSA) is 83.1 Å². The zero-order valence-electron chi connectivity index (χ0n) is 14.7. The van der Waals surface area contributed by atoms with Crippen LogP contribution in [-0.2, 0) is 4.74 Å². The number of hydrogen-bond donors (Lipinski definition) is 2. The van der Waals surface area contributed by atoms with Gasteiger partial charge in [0.2, 0.25) is 5.95 Å². The molecule has 8 heteroatoms. The summed E-state index contributed by atoms with van der Waals surface area (Å²) in [6, 6.07) is 9.17. The van der Waals surface area contributed by atoms with Crippen LogP contribution >= 0.6 is 11.6 Å². The molecule has 0 saturated carbocycles. The Balaban J connectivity index is 1.57. The second-order valence-electron chi connectivity index (χ2n) is 6.36. The number of hydrogen-bond acceptors (Lipinski definition) is 6. The molecule has 7 nitrogen and oxygen atoms in total. The molecule has 1 saturated heterocycles. The van der Waals surface area contributed by atoms with E-state index in [1.807, 2.05) is 18.2 Å². The Morgan fingerprint density at radius 1 is 1.19 bits per heavy atom. The first-order valence-corrected chi connectivity index (χ1v) is 9.27. The van der Waals surface area contributed by atoms with Crippen molar-refractivity contribution in [2.45, 2.75) is 0 Å². The highest BCUT2D eigenvalue weighted by Gasteiger charge is 2.12. The van der Waals surface area contributed by atoms with E-state index in [9.17, 15) is 4.79 Å². The Morgan fingerprint density at radius 3 is 2.74 bits per heavy atom. The van der Waals surface area contributed by atoms with E-state index < -0.39 is 0 Å². The van der Waals surface area contributed by atoms with Gasteiger partial charge in [0.15, 0.2) is 5.65 Å². The molecule has 0 unspecified atom stereocenters. The van der Waals surface area contributed by atoms with Gasteiger partial charge in [-0.3, -0.25) is 14.7 Å². The minimum absolute atomic E-state index is 0.216. The standard InChI is InChI=1S/C19H20ClN5O2/c20-14-3-1-13(2-4-14)15-5-6-21-17-16(15)18(26)24-19(23-17)22-7-8-25-9-11-27-12-10-25/h1-6H,7-12H2,(H2,21,22,23,24,26). The summed E-state index contributed by atoms with van der Waals surface area (Å²) in [7, 11) is 0. The number of nitrogens with one attached hydrogen (secondary N) is 2. The van der Waals surface area contributed by atoms with Crippen LogP contribution in [-0.4, -0.2) is 59.2 Å². The maximum absolute atomic E-state index is 12.7. The summed E-state index contributed by atoms with van der Waals surface area (Å²) in [5.41, 5.74) is 1.88. The van der Waals surface area contributed by atoms with Gasteiger partial charge in [-0.2, -0.15) is 4.98 Å². The number of aromatic nitrogens is 3. The minimum Gasteiger partial charge on any atom is -0.379 e. The van der Waals surface area contributed by atoms with E-state index in [2.05, 4.69) is 25.2 Å². The normalized spacial score (nSPS) is 15.1. The zero-order chi connectivity index (χ0) is 18.6. The first-order valence-electron chi connectivity index (χ1n) is 8.90. The smallest absolute Gasteiger partial charge is 0.262 e. The maximum Gasteiger partial charge on any atom is 0.262 e. The summed E-state index contributed by atoms with van der Waals surface area (Å²) in [5, 5.41) is 4.30.